The molecule has 0 atom stereocenters. The number of hydrogen-bond donors (Lipinski definition) is 1. The van der Waals surface area contributed by atoms with Crippen molar-refractivity contribution < 1.29 is 4.42 Å². The maximum absolute atomic E-state index is 6.07. The molecule has 0 saturated heterocycles. The van der Waals surface area contributed by atoms with E-state index in [1.165, 1.54) is 12.8 Å². The molecule has 0 radical (unpaired) electrons. The minimum atomic E-state index is 0.141. The SMILES string of the molecule is CCC(CC)c1ccc(CCC2(N)CC2)o1. The van der Waals surface area contributed by atoms with Gasteiger partial charge >= 0.3 is 0 Å². The second-order valence-electron chi connectivity index (χ2n) is 5.18. The fraction of sp³-hybridized carbons (Fsp3) is 0.714. The molecule has 1 saturated carbocycles. The van der Waals surface area contributed by atoms with Crippen molar-refractivity contribution in [3.05, 3.63) is 23.7 Å². The van der Waals surface area contributed by atoms with E-state index in [-0.39, 0.29) is 5.54 Å². The quantitative estimate of drug-likeness (QED) is 0.797. The highest BCUT2D eigenvalue weighted by atomic mass is 16.3. The normalized spacial score (nSPS) is 18.0. The molecule has 0 aliphatic heterocycles. The topological polar surface area (TPSA) is 39.2 Å². The van der Waals surface area contributed by atoms with Crippen LogP contribution in [0.1, 0.15) is 63.4 Å². The van der Waals surface area contributed by atoms with Crippen molar-refractivity contribution in [2.24, 2.45) is 5.73 Å². The minimum absolute atomic E-state index is 0.141. The molecule has 1 fully saturated rings. The van der Waals surface area contributed by atoms with Crippen LogP contribution in [0.4, 0.5) is 0 Å². The minimum Gasteiger partial charge on any atom is -0.466 e. The van der Waals surface area contributed by atoms with E-state index < -0.39 is 0 Å². The highest BCUT2D eigenvalue weighted by molar-refractivity contribution is 5.12. The molecule has 0 aromatic carbocycles. The zero-order valence-electron chi connectivity index (χ0n) is 10.5. The van der Waals surface area contributed by atoms with Gasteiger partial charge in [0.25, 0.3) is 0 Å². The van der Waals surface area contributed by atoms with Gasteiger partial charge in [-0.1, -0.05) is 13.8 Å². The van der Waals surface area contributed by atoms with Gasteiger partial charge in [0, 0.05) is 17.9 Å². The van der Waals surface area contributed by atoms with E-state index in [1.807, 2.05) is 0 Å². The first-order valence-electron chi connectivity index (χ1n) is 6.54. The smallest absolute Gasteiger partial charge is 0.107 e. The van der Waals surface area contributed by atoms with E-state index in [2.05, 4.69) is 26.0 Å². The number of furan rings is 1. The summed E-state index contributed by atoms with van der Waals surface area (Å²) < 4.78 is 5.90. The Morgan fingerprint density at radius 2 is 2.00 bits per heavy atom. The molecule has 2 heteroatoms. The Hall–Kier alpha value is -0.760. The molecule has 2 rings (SSSR count). The number of nitrogens with two attached hydrogens (primary N) is 1. The molecule has 1 aromatic heterocycles. The highest BCUT2D eigenvalue weighted by Gasteiger charge is 2.37. The summed E-state index contributed by atoms with van der Waals surface area (Å²) in [5, 5.41) is 0. The van der Waals surface area contributed by atoms with E-state index in [4.69, 9.17) is 10.2 Å². The van der Waals surface area contributed by atoms with E-state index in [0.29, 0.717) is 5.92 Å². The standard InChI is InChI=1S/C14H23NO/c1-3-11(4-2)13-6-5-12(16-13)7-8-14(15)9-10-14/h5-6,11H,3-4,7-10,15H2,1-2H3. The summed E-state index contributed by atoms with van der Waals surface area (Å²) in [5.74, 6) is 2.85. The predicted molar refractivity (Wildman–Crippen MR) is 66.5 cm³/mol. The predicted octanol–water partition coefficient (Wildman–Crippen LogP) is 3.61. The zero-order valence-corrected chi connectivity index (χ0v) is 10.5. The molecule has 1 heterocycles. The van der Waals surface area contributed by atoms with E-state index >= 15 is 0 Å². The van der Waals surface area contributed by atoms with Crippen LogP contribution in [0.2, 0.25) is 0 Å². The summed E-state index contributed by atoms with van der Waals surface area (Å²) >= 11 is 0. The van der Waals surface area contributed by atoms with Crippen LogP contribution in [0.3, 0.4) is 0 Å². The van der Waals surface area contributed by atoms with Crippen molar-refractivity contribution in [2.75, 3.05) is 0 Å². The average molecular weight is 221 g/mol. The van der Waals surface area contributed by atoms with Crippen molar-refractivity contribution in [3.63, 3.8) is 0 Å². The Morgan fingerprint density at radius 3 is 2.56 bits per heavy atom. The summed E-state index contributed by atoms with van der Waals surface area (Å²) in [6.45, 7) is 4.44. The van der Waals surface area contributed by atoms with Gasteiger partial charge < -0.3 is 10.2 Å². The molecule has 16 heavy (non-hydrogen) atoms. The van der Waals surface area contributed by atoms with Gasteiger partial charge in [0.15, 0.2) is 0 Å². The molecule has 1 aliphatic rings. The third-order valence-corrected chi connectivity index (χ3v) is 3.83. The van der Waals surface area contributed by atoms with Crippen LogP contribution in [-0.2, 0) is 6.42 Å². The second-order valence-corrected chi connectivity index (χ2v) is 5.18. The largest absolute Gasteiger partial charge is 0.466 e. The van der Waals surface area contributed by atoms with Crippen molar-refractivity contribution in [1.82, 2.24) is 0 Å². The lowest BCUT2D eigenvalue weighted by Crippen LogP contribution is -2.21. The molecule has 0 spiro atoms. The zero-order chi connectivity index (χ0) is 11.6. The number of rotatable bonds is 6. The molecule has 90 valence electrons. The second kappa shape index (κ2) is 4.62. The molecule has 0 amide bonds. The number of aryl methyl sites for hydroxylation is 1. The van der Waals surface area contributed by atoms with Gasteiger partial charge in [0.05, 0.1) is 0 Å². The van der Waals surface area contributed by atoms with Gasteiger partial charge in [-0.15, -0.1) is 0 Å². The Bertz CT molecular complexity index is 334. The fourth-order valence-electron chi connectivity index (χ4n) is 2.22. The van der Waals surface area contributed by atoms with Crippen molar-refractivity contribution in [2.45, 2.75) is 63.8 Å². The molecule has 2 nitrogen and oxygen atoms in total. The van der Waals surface area contributed by atoms with E-state index in [1.54, 1.807) is 0 Å². The molecular weight excluding hydrogens is 198 g/mol. The number of hydrogen-bond acceptors (Lipinski definition) is 2. The first-order chi connectivity index (χ1) is 7.67. The van der Waals surface area contributed by atoms with Crippen LogP contribution in [0.15, 0.2) is 16.5 Å². The molecule has 0 unspecified atom stereocenters. The van der Waals surface area contributed by atoms with Crippen molar-refractivity contribution in [3.8, 4) is 0 Å². The first kappa shape index (κ1) is 11.7. The summed E-state index contributed by atoms with van der Waals surface area (Å²) in [5.41, 5.74) is 6.21. The van der Waals surface area contributed by atoms with Crippen LogP contribution in [0.25, 0.3) is 0 Å². The van der Waals surface area contributed by atoms with E-state index in [0.717, 1.165) is 37.2 Å². The lowest BCUT2D eigenvalue weighted by Gasteiger charge is -2.09. The fourth-order valence-corrected chi connectivity index (χ4v) is 2.22. The Balaban J connectivity index is 1.91. The molecule has 1 aliphatic carbocycles. The Kier molecular flexibility index (Phi) is 3.38. The lowest BCUT2D eigenvalue weighted by atomic mass is 10.0. The molecule has 0 bridgehead atoms. The summed E-state index contributed by atoms with van der Waals surface area (Å²) in [6, 6.07) is 4.27. The maximum atomic E-state index is 6.07. The lowest BCUT2D eigenvalue weighted by molar-refractivity contribution is 0.409. The van der Waals surface area contributed by atoms with Gasteiger partial charge in [0.2, 0.25) is 0 Å². The maximum Gasteiger partial charge on any atom is 0.107 e. The van der Waals surface area contributed by atoms with Crippen molar-refractivity contribution >= 4 is 0 Å². The molecule has 2 N–H and O–H groups in total. The molecule has 1 aromatic rings. The average Bonchev–Trinajstić information content (AvgIpc) is 2.84. The van der Waals surface area contributed by atoms with Crippen LogP contribution in [0, 0.1) is 0 Å². The Labute approximate surface area is 98.2 Å². The van der Waals surface area contributed by atoms with Crippen molar-refractivity contribution in [1.29, 1.82) is 0 Å². The summed E-state index contributed by atoms with van der Waals surface area (Å²) in [6.07, 6.45) is 6.76. The van der Waals surface area contributed by atoms with Gasteiger partial charge in [-0.3, -0.25) is 0 Å². The van der Waals surface area contributed by atoms with Gasteiger partial charge in [0.1, 0.15) is 11.5 Å². The first-order valence-corrected chi connectivity index (χ1v) is 6.54. The van der Waals surface area contributed by atoms with Crippen LogP contribution in [0.5, 0.6) is 0 Å². The van der Waals surface area contributed by atoms with Crippen LogP contribution < -0.4 is 5.73 Å². The summed E-state index contributed by atoms with van der Waals surface area (Å²) in [4.78, 5) is 0. The molecular formula is C14H23NO. The van der Waals surface area contributed by atoms with Gasteiger partial charge in [-0.25, -0.2) is 0 Å². The van der Waals surface area contributed by atoms with Crippen LogP contribution >= 0.6 is 0 Å². The van der Waals surface area contributed by atoms with Gasteiger partial charge in [-0.05, 0) is 44.2 Å². The van der Waals surface area contributed by atoms with Crippen LogP contribution in [-0.4, -0.2) is 5.54 Å². The highest BCUT2D eigenvalue weighted by Crippen LogP contribution is 2.37. The summed E-state index contributed by atoms with van der Waals surface area (Å²) in [7, 11) is 0. The van der Waals surface area contributed by atoms with E-state index in [9.17, 15) is 0 Å². The van der Waals surface area contributed by atoms with Gasteiger partial charge in [-0.2, -0.15) is 0 Å². The third-order valence-electron chi connectivity index (χ3n) is 3.83. The third kappa shape index (κ3) is 2.67. The monoisotopic (exact) mass is 221 g/mol. The Morgan fingerprint density at radius 1 is 1.31 bits per heavy atom.